The van der Waals surface area contributed by atoms with Crippen LogP contribution >= 0.6 is 0 Å². The minimum Gasteiger partial charge on any atom is -0.403 e. The summed E-state index contributed by atoms with van der Waals surface area (Å²) >= 11 is 0. The molecule has 0 radical (unpaired) electrons. The molecule has 0 fully saturated rings. The second-order valence-corrected chi connectivity index (χ2v) is 2.37. The van der Waals surface area contributed by atoms with Crippen LogP contribution in [-0.2, 0) is 0 Å². The van der Waals surface area contributed by atoms with Gasteiger partial charge >= 0.3 is 6.36 Å². The summed E-state index contributed by atoms with van der Waals surface area (Å²) in [4.78, 5) is 12.7. The lowest BCUT2D eigenvalue weighted by molar-refractivity contribution is -0.274. The number of aromatic nitrogens is 1. The molecule has 14 heavy (non-hydrogen) atoms. The second-order valence-electron chi connectivity index (χ2n) is 2.37. The maximum absolute atomic E-state index is 11.8. The number of H-pyrrole nitrogens is 1. The van der Waals surface area contributed by atoms with Crippen LogP contribution in [0, 0.1) is 0 Å². The molecule has 0 aromatic carbocycles. The Morgan fingerprint density at radius 2 is 1.93 bits per heavy atom. The summed E-state index contributed by atoms with van der Waals surface area (Å²) in [5, 5.41) is 0. The first-order valence-electron chi connectivity index (χ1n) is 3.33. The molecule has 0 saturated heterocycles. The Kier molecular flexibility index (Phi) is 2.28. The number of anilines is 2. The molecule has 5 N–H and O–H groups in total. The summed E-state index contributed by atoms with van der Waals surface area (Å²) < 4.78 is 38.7. The van der Waals surface area contributed by atoms with Crippen LogP contribution in [-0.4, -0.2) is 11.3 Å². The van der Waals surface area contributed by atoms with Crippen molar-refractivity contribution in [1.82, 2.24) is 4.98 Å². The quantitative estimate of drug-likeness (QED) is 0.625. The second kappa shape index (κ2) is 3.13. The van der Waals surface area contributed by atoms with Crippen molar-refractivity contribution < 1.29 is 17.9 Å². The Balaban J connectivity index is 3.15. The van der Waals surface area contributed by atoms with E-state index >= 15 is 0 Å². The average Bonchev–Trinajstić information content (AvgIpc) is 1.96. The summed E-state index contributed by atoms with van der Waals surface area (Å²) in [5.74, 6) is -1.17. The zero-order valence-electron chi connectivity index (χ0n) is 6.68. The summed E-state index contributed by atoms with van der Waals surface area (Å²) in [6.07, 6.45) is -4.91. The van der Waals surface area contributed by atoms with E-state index in [0.717, 1.165) is 0 Å². The van der Waals surface area contributed by atoms with Crippen LogP contribution in [0.25, 0.3) is 0 Å². The van der Waals surface area contributed by atoms with Gasteiger partial charge in [-0.25, -0.2) is 0 Å². The number of aromatic amines is 1. The number of hydrogen-bond donors (Lipinski definition) is 3. The van der Waals surface area contributed by atoms with Gasteiger partial charge in [0.1, 0.15) is 11.5 Å². The van der Waals surface area contributed by atoms with E-state index in [0.29, 0.717) is 6.07 Å². The SMILES string of the molecule is Nc1[nH]c(=O)cc(OC(F)(F)F)c1N. The minimum absolute atomic E-state index is 0.364. The molecule has 0 spiro atoms. The van der Waals surface area contributed by atoms with Gasteiger partial charge in [-0.05, 0) is 0 Å². The standard InChI is InChI=1S/C6H6F3N3O2/c7-6(8,9)14-2-1-3(13)12-5(11)4(2)10/h1H,10H2,(H3,11,12,13). The lowest BCUT2D eigenvalue weighted by Crippen LogP contribution is -2.20. The number of halogens is 3. The highest BCUT2D eigenvalue weighted by molar-refractivity contribution is 5.66. The fourth-order valence-electron chi connectivity index (χ4n) is 0.775. The normalized spacial score (nSPS) is 11.4. The van der Waals surface area contributed by atoms with Gasteiger partial charge in [-0.1, -0.05) is 0 Å². The predicted octanol–water partition coefficient (Wildman–Crippen LogP) is 0.438. The van der Waals surface area contributed by atoms with Crippen LogP contribution in [0.5, 0.6) is 5.75 Å². The lowest BCUT2D eigenvalue weighted by atomic mass is 10.3. The molecule has 1 heterocycles. The van der Waals surface area contributed by atoms with Gasteiger partial charge in [-0.2, -0.15) is 0 Å². The Morgan fingerprint density at radius 1 is 1.36 bits per heavy atom. The smallest absolute Gasteiger partial charge is 0.403 e. The molecule has 0 unspecified atom stereocenters. The Hall–Kier alpha value is -1.86. The number of alkyl halides is 3. The van der Waals surface area contributed by atoms with E-state index in [-0.39, 0.29) is 5.82 Å². The maximum Gasteiger partial charge on any atom is 0.573 e. The molecule has 1 aromatic heterocycles. The molecule has 1 rings (SSSR count). The summed E-state index contributed by atoms with van der Waals surface area (Å²) in [5.41, 5.74) is 8.97. The van der Waals surface area contributed by atoms with Gasteiger partial charge in [0.25, 0.3) is 5.56 Å². The number of hydrogen-bond acceptors (Lipinski definition) is 4. The van der Waals surface area contributed by atoms with E-state index in [1.54, 1.807) is 0 Å². The van der Waals surface area contributed by atoms with Gasteiger partial charge < -0.3 is 21.2 Å². The van der Waals surface area contributed by atoms with Crippen LogP contribution in [0.2, 0.25) is 0 Å². The van der Waals surface area contributed by atoms with Crippen molar-refractivity contribution in [3.8, 4) is 5.75 Å². The largest absolute Gasteiger partial charge is 0.573 e. The summed E-state index contributed by atoms with van der Waals surface area (Å²) in [6.45, 7) is 0. The predicted molar refractivity (Wildman–Crippen MR) is 42.6 cm³/mol. The van der Waals surface area contributed by atoms with Crippen molar-refractivity contribution in [2.75, 3.05) is 11.5 Å². The third-order valence-corrected chi connectivity index (χ3v) is 1.30. The van der Waals surface area contributed by atoms with Crippen LogP contribution in [0.15, 0.2) is 10.9 Å². The molecule has 0 aliphatic rings. The number of pyridine rings is 1. The van der Waals surface area contributed by atoms with E-state index in [9.17, 15) is 18.0 Å². The zero-order chi connectivity index (χ0) is 10.9. The van der Waals surface area contributed by atoms with Gasteiger partial charge in [-0.3, -0.25) is 4.79 Å². The molecule has 8 heteroatoms. The summed E-state index contributed by atoms with van der Waals surface area (Å²) in [6, 6.07) is 0.569. The maximum atomic E-state index is 11.8. The monoisotopic (exact) mass is 209 g/mol. The van der Waals surface area contributed by atoms with Crippen LogP contribution in [0.4, 0.5) is 24.7 Å². The van der Waals surface area contributed by atoms with Crippen molar-refractivity contribution in [1.29, 1.82) is 0 Å². The molecule has 0 amide bonds. The van der Waals surface area contributed by atoms with E-state index in [1.807, 2.05) is 4.98 Å². The van der Waals surface area contributed by atoms with E-state index in [2.05, 4.69) is 4.74 Å². The van der Waals surface area contributed by atoms with E-state index < -0.39 is 23.4 Å². The number of rotatable bonds is 1. The Bertz CT molecular complexity index is 398. The molecule has 0 saturated carbocycles. The highest BCUT2D eigenvalue weighted by atomic mass is 19.4. The number of nitrogens with one attached hydrogen (secondary N) is 1. The molecule has 0 aliphatic carbocycles. The van der Waals surface area contributed by atoms with Gasteiger partial charge in [0.2, 0.25) is 0 Å². The minimum atomic E-state index is -4.91. The molecule has 1 aromatic rings. The molecule has 78 valence electrons. The van der Waals surface area contributed by atoms with Crippen molar-refractivity contribution in [2.45, 2.75) is 6.36 Å². The molecule has 0 bridgehead atoms. The third kappa shape index (κ3) is 2.31. The number of nitrogens with two attached hydrogens (primary N) is 2. The first kappa shape index (κ1) is 10.2. The highest BCUT2D eigenvalue weighted by Crippen LogP contribution is 2.28. The van der Waals surface area contributed by atoms with Gasteiger partial charge in [0, 0.05) is 6.07 Å². The van der Waals surface area contributed by atoms with Crippen molar-refractivity contribution >= 4 is 11.5 Å². The molecule has 0 aliphatic heterocycles. The highest BCUT2D eigenvalue weighted by Gasteiger charge is 2.32. The van der Waals surface area contributed by atoms with Gasteiger partial charge in [0.15, 0.2) is 5.75 Å². The van der Waals surface area contributed by atoms with Crippen LogP contribution in [0.1, 0.15) is 0 Å². The molecular weight excluding hydrogens is 203 g/mol. The number of nitrogen functional groups attached to an aromatic ring is 2. The van der Waals surface area contributed by atoms with Gasteiger partial charge in [0.05, 0.1) is 0 Å². The Labute approximate surface area is 75.5 Å². The lowest BCUT2D eigenvalue weighted by Gasteiger charge is -2.11. The summed E-state index contributed by atoms with van der Waals surface area (Å²) in [7, 11) is 0. The van der Waals surface area contributed by atoms with Gasteiger partial charge in [-0.15, -0.1) is 13.2 Å². The fraction of sp³-hybridized carbons (Fsp3) is 0.167. The molecule has 0 atom stereocenters. The fourth-order valence-corrected chi connectivity index (χ4v) is 0.775. The first-order chi connectivity index (χ1) is 6.29. The van der Waals surface area contributed by atoms with E-state index in [1.165, 1.54) is 0 Å². The third-order valence-electron chi connectivity index (χ3n) is 1.30. The van der Waals surface area contributed by atoms with Crippen molar-refractivity contribution in [3.63, 3.8) is 0 Å². The van der Waals surface area contributed by atoms with Crippen molar-refractivity contribution in [3.05, 3.63) is 16.4 Å². The van der Waals surface area contributed by atoms with Crippen LogP contribution in [0.3, 0.4) is 0 Å². The Morgan fingerprint density at radius 3 is 2.43 bits per heavy atom. The molecule has 5 nitrogen and oxygen atoms in total. The van der Waals surface area contributed by atoms with Crippen molar-refractivity contribution in [2.24, 2.45) is 0 Å². The number of ether oxygens (including phenoxy) is 1. The van der Waals surface area contributed by atoms with E-state index in [4.69, 9.17) is 11.5 Å². The first-order valence-corrected chi connectivity index (χ1v) is 3.33. The zero-order valence-corrected chi connectivity index (χ0v) is 6.68. The van der Waals surface area contributed by atoms with Crippen LogP contribution < -0.4 is 21.8 Å². The topological polar surface area (TPSA) is 94.1 Å². The molecular formula is C6H6F3N3O2. The average molecular weight is 209 g/mol.